The molecule has 13 atom stereocenters. The molecule has 0 amide bonds. The number of rotatable bonds is 38. The molecular formula is C27H60O41P8. The Bertz CT molecular complexity index is 2120. The molecule has 2 fully saturated rings. The molecule has 0 aromatic heterocycles. The molecule has 0 saturated heterocycles. The van der Waals surface area contributed by atoms with E-state index < -0.39 is 188 Å². The van der Waals surface area contributed by atoms with Crippen LogP contribution in [0.2, 0.25) is 0 Å². The van der Waals surface area contributed by atoms with E-state index in [1.165, 1.54) is 14.2 Å². The second-order valence-corrected chi connectivity index (χ2v) is 24.7. The fourth-order valence-electron chi connectivity index (χ4n) is 6.93. The first kappa shape index (κ1) is 72.6. The summed E-state index contributed by atoms with van der Waals surface area (Å²) in [6.45, 7) is -4.49. The zero-order chi connectivity index (χ0) is 58.3. The largest absolute Gasteiger partial charge is 0.470 e. The third kappa shape index (κ3) is 29.7. The average molecular weight is 1290 g/mol. The molecule has 2 saturated carbocycles. The summed E-state index contributed by atoms with van der Waals surface area (Å²) < 4.78 is 183. The van der Waals surface area contributed by atoms with E-state index in [2.05, 4.69) is 27.1 Å². The van der Waals surface area contributed by atoms with Crippen molar-refractivity contribution in [3.63, 3.8) is 0 Å². The molecule has 0 heterocycles. The van der Waals surface area contributed by atoms with Crippen molar-refractivity contribution >= 4 is 62.6 Å². The number of methoxy groups -OCH3 is 2. The Labute approximate surface area is 428 Å². The van der Waals surface area contributed by atoms with Gasteiger partial charge in [0.25, 0.3) is 0 Å². The van der Waals surface area contributed by atoms with Gasteiger partial charge in [-0.05, 0) is 6.92 Å². The van der Waals surface area contributed by atoms with Crippen LogP contribution >= 0.6 is 62.6 Å². The van der Waals surface area contributed by atoms with Gasteiger partial charge in [0, 0.05) is 14.2 Å². The fraction of sp³-hybridized carbons (Fsp3) is 1.00. The molecule has 1 unspecified atom stereocenters. The number of hydrogen-bond donors (Lipinski definition) is 16. The monoisotopic (exact) mass is 1290 g/mol. The van der Waals surface area contributed by atoms with Gasteiger partial charge >= 0.3 is 62.6 Å². The molecule has 41 nitrogen and oxygen atoms in total. The fourth-order valence-corrected chi connectivity index (χ4v) is 11.4. The van der Waals surface area contributed by atoms with Crippen LogP contribution in [0.3, 0.4) is 0 Å². The topological polar surface area (TPSA) is 617 Å². The van der Waals surface area contributed by atoms with Crippen LogP contribution in [0.1, 0.15) is 6.92 Å². The summed E-state index contributed by atoms with van der Waals surface area (Å²) in [4.78, 5) is 157. The first-order chi connectivity index (χ1) is 34.5. The quantitative estimate of drug-likeness (QED) is 0.0208. The normalized spacial score (nSPS) is 28.2. The highest BCUT2D eigenvalue weighted by atomic mass is 31.2. The smallest absolute Gasteiger partial charge is 0.382 e. The van der Waals surface area contributed by atoms with Crippen LogP contribution in [0.15, 0.2) is 0 Å². The van der Waals surface area contributed by atoms with Gasteiger partial charge in [0.05, 0.1) is 78.8 Å². The van der Waals surface area contributed by atoms with Gasteiger partial charge < -0.3 is 121 Å². The lowest BCUT2D eigenvalue weighted by Crippen LogP contribution is -2.67. The third-order valence-electron chi connectivity index (χ3n) is 9.22. The van der Waals surface area contributed by atoms with Crippen LogP contribution in [0.5, 0.6) is 0 Å². The highest BCUT2D eigenvalue weighted by Gasteiger charge is 2.62. The zero-order valence-electron chi connectivity index (χ0n) is 39.2. The molecule has 0 spiro atoms. The van der Waals surface area contributed by atoms with E-state index in [1.807, 2.05) is 0 Å². The highest BCUT2D eigenvalue weighted by Crippen LogP contribution is 2.55. The number of ether oxygens (including phenoxy) is 9. The van der Waals surface area contributed by atoms with E-state index >= 15 is 0 Å². The van der Waals surface area contributed by atoms with Crippen molar-refractivity contribution in [3.8, 4) is 0 Å². The number of phosphoric ester groups is 8. The van der Waals surface area contributed by atoms with Gasteiger partial charge in [0.2, 0.25) is 0 Å². The summed E-state index contributed by atoms with van der Waals surface area (Å²) in [5, 5.41) is 0. The van der Waals surface area contributed by atoms with Crippen molar-refractivity contribution < 1.29 is 194 Å². The van der Waals surface area contributed by atoms with Crippen molar-refractivity contribution in [3.05, 3.63) is 0 Å². The van der Waals surface area contributed by atoms with Crippen LogP contribution in [-0.4, -0.2) is 245 Å². The van der Waals surface area contributed by atoms with Crippen LogP contribution in [0, 0.1) is 0 Å². The van der Waals surface area contributed by atoms with E-state index in [0.29, 0.717) is 0 Å². The molecule has 76 heavy (non-hydrogen) atoms. The third-order valence-corrected chi connectivity index (χ3v) is 13.4. The van der Waals surface area contributed by atoms with Crippen LogP contribution < -0.4 is 0 Å². The minimum absolute atomic E-state index is 0.00524. The second-order valence-electron chi connectivity index (χ2n) is 15.2. The molecule has 16 N–H and O–H groups in total. The van der Waals surface area contributed by atoms with E-state index in [4.69, 9.17) is 51.7 Å². The van der Waals surface area contributed by atoms with Crippen LogP contribution in [-0.2, 0) is 115 Å². The molecule has 454 valence electrons. The molecule has 2 aliphatic carbocycles. The summed E-state index contributed by atoms with van der Waals surface area (Å²) in [5.74, 6) is 0. The predicted molar refractivity (Wildman–Crippen MR) is 235 cm³/mol. The highest BCUT2D eigenvalue weighted by molar-refractivity contribution is 7.48. The number of phosphoric acid groups is 8. The SMILES string of the molecule is COCCOCCO[C@@H]1[C@@H](OP(=O)(O)O)[C@H](OCC(C)OCCO[C@@H]2[C@@H](OP(=O)(O)O)[C@H](OCCOCCOC)[C@@H](OP(=O)(O)O)[C@@H](OP(=O)(O)O)[C@H]2OP(=O)(O)O)[C@@H](OP(=O)(O)O)[C@H](OP(=O)(O)O)[C@H]1OP(=O)(O)O. The Morgan fingerprint density at radius 1 is 0.289 bits per heavy atom. The maximum absolute atomic E-state index is 12.4. The lowest BCUT2D eigenvalue weighted by Gasteiger charge is -2.49. The molecule has 0 aromatic rings. The van der Waals surface area contributed by atoms with Gasteiger partial charge in [-0.3, -0.25) is 36.2 Å². The van der Waals surface area contributed by atoms with Crippen molar-refractivity contribution in [1.29, 1.82) is 0 Å². The minimum Gasteiger partial charge on any atom is -0.382 e. The maximum atomic E-state index is 12.4. The second kappa shape index (κ2) is 31.4. The van der Waals surface area contributed by atoms with E-state index in [9.17, 15) is 115 Å². The molecular weight excluding hydrogens is 1230 g/mol. The van der Waals surface area contributed by atoms with Crippen molar-refractivity contribution in [2.45, 2.75) is 86.3 Å². The van der Waals surface area contributed by atoms with E-state index in [0.717, 1.165) is 6.92 Å². The van der Waals surface area contributed by atoms with Gasteiger partial charge in [-0.25, -0.2) is 36.5 Å². The molecule has 2 aliphatic rings. The van der Waals surface area contributed by atoms with Gasteiger partial charge in [-0.1, -0.05) is 0 Å². The van der Waals surface area contributed by atoms with Crippen molar-refractivity contribution in [2.75, 3.05) is 86.9 Å². The Kier molecular flexibility index (Phi) is 30.0. The molecule has 2 rings (SSSR count). The molecule has 0 aliphatic heterocycles. The number of hydrogen-bond acceptors (Lipinski definition) is 25. The van der Waals surface area contributed by atoms with Gasteiger partial charge in [-0.2, -0.15) is 0 Å². The van der Waals surface area contributed by atoms with Crippen LogP contribution in [0.25, 0.3) is 0 Å². The summed E-state index contributed by atoms with van der Waals surface area (Å²) in [6, 6.07) is 0. The summed E-state index contributed by atoms with van der Waals surface area (Å²) in [7, 11) is -45.2. The summed E-state index contributed by atoms with van der Waals surface area (Å²) >= 11 is 0. The first-order valence-electron chi connectivity index (χ1n) is 20.7. The summed E-state index contributed by atoms with van der Waals surface area (Å²) in [6.07, 6.45) is -33.4. The van der Waals surface area contributed by atoms with Crippen molar-refractivity contribution in [1.82, 2.24) is 0 Å². The van der Waals surface area contributed by atoms with E-state index in [-0.39, 0.29) is 26.4 Å². The Hall–Kier alpha value is 0.520. The molecule has 0 bridgehead atoms. The lowest BCUT2D eigenvalue weighted by atomic mass is 9.84. The average Bonchev–Trinajstić information content (AvgIpc) is 3.20. The van der Waals surface area contributed by atoms with Crippen molar-refractivity contribution in [2.24, 2.45) is 0 Å². The lowest BCUT2D eigenvalue weighted by molar-refractivity contribution is -0.241. The molecule has 49 heteroatoms. The van der Waals surface area contributed by atoms with E-state index in [1.54, 1.807) is 0 Å². The minimum atomic E-state index is -6.02. The first-order valence-corrected chi connectivity index (χ1v) is 32.9. The maximum Gasteiger partial charge on any atom is 0.470 e. The molecule has 0 aromatic carbocycles. The van der Waals surface area contributed by atoms with Gasteiger partial charge in [0.1, 0.15) is 73.2 Å². The molecule has 0 radical (unpaired) electrons. The van der Waals surface area contributed by atoms with Gasteiger partial charge in [-0.15, -0.1) is 0 Å². The Morgan fingerprint density at radius 3 is 0.724 bits per heavy atom. The van der Waals surface area contributed by atoms with Gasteiger partial charge in [0.15, 0.2) is 0 Å². The van der Waals surface area contributed by atoms with Crippen LogP contribution in [0.4, 0.5) is 0 Å². The Morgan fingerprint density at radius 2 is 0.487 bits per heavy atom. The summed E-state index contributed by atoms with van der Waals surface area (Å²) in [5.41, 5.74) is 0. The standard InChI is InChI=1S/C27H60O41P8/c1-15(14-60-19-21(62-70(31,32)33)18(58-11-9-55-7-5-53-3)24(65-73(40,41)42)27(68-76(49,50)51)25(19)66-74(43,44)45)56-12-13-59-17-20(61-69(28,29)30)16(57-10-8-54-6-4-52-2)22(63-71(34,35)36)26(67-75(46,47)48)23(17)64-72(37,38)39/h15-27H,4-14H2,1-3H3,(H2,28,29,30)(H2,31,32,33)(H2,34,35,36)(H2,37,38,39)(H2,40,41,42)(H2,43,44,45)(H2,46,47,48)(H2,49,50,51)/t15?,16-,17+,18+,19-,20-,21+,22+,23-,24-,25+,26+,27+/m0/s1. The zero-order valence-corrected chi connectivity index (χ0v) is 46.4. The Balaban J connectivity index is 2.67. The predicted octanol–water partition coefficient (Wildman–Crippen LogP) is -3.89.